The van der Waals surface area contributed by atoms with Gasteiger partial charge in [-0.25, -0.2) is 0 Å². The lowest BCUT2D eigenvalue weighted by molar-refractivity contribution is 0.413. The van der Waals surface area contributed by atoms with E-state index in [1.165, 1.54) is 11.1 Å². The van der Waals surface area contributed by atoms with Crippen LogP contribution >= 0.6 is 0 Å². The maximum atomic E-state index is 5.67. The molecule has 0 aliphatic rings. The summed E-state index contributed by atoms with van der Waals surface area (Å²) >= 11 is 0. The Kier molecular flexibility index (Phi) is 5.59. The molecule has 0 saturated carbocycles. The van der Waals surface area contributed by atoms with Gasteiger partial charge in [-0.1, -0.05) is 42.5 Å². The van der Waals surface area contributed by atoms with Gasteiger partial charge in [-0.05, 0) is 42.5 Å². The zero-order valence-corrected chi connectivity index (χ0v) is 11.9. The summed E-state index contributed by atoms with van der Waals surface area (Å²) in [6.07, 6.45) is 2.94. The Morgan fingerprint density at radius 1 is 1.05 bits per heavy atom. The first-order valence-corrected chi connectivity index (χ1v) is 6.95. The number of hydrogen-bond donors (Lipinski definition) is 2. The van der Waals surface area contributed by atoms with Gasteiger partial charge < -0.3 is 4.74 Å². The van der Waals surface area contributed by atoms with Crippen LogP contribution < -0.4 is 16.0 Å². The van der Waals surface area contributed by atoms with E-state index in [9.17, 15) is 0 Å². The van der Waals surface area contributed by atoms with Gasteiger partial charge in [-0.2, -0.15) is 0 Å². The minimum Gasteiger partial charge on any atom is -0.497 e. The fourth-order valence-corrected chi connectivity index (χ4v) is 2.31. The molecular weight excluding hydrogens is 248 g/mol. The second kappa shape index (κ2) is 7.68. The number of hydrogen-bond acceptors (Lipinski definition) is 3. The van der Waals surface area contributed by atoms with Gasteiger partial charge in [0, 0.05) is 6.04 Å². The first-order chi connectivity index (χ1) is 9.81. The van der Waals surface area contributed by atoms with Gasteiger partial charge in [0.1, 0.15) is 5.75 Å². The summed E-state index contributed by atoms with van der Waals surface area (Å²) < 4.78 is 5.25. The maximum Gasteiger partial charge on any atom is 0.119 e. The van der Waals surface area contributed by atoms with Gasteiger partial charge in [0.15, 0.2) is 0 Å². The van der Waals surface area contributed by atoms with E-state index in [1.54, 1.807) is 7.11 Å². The molecule has 20 heavy (non-hydrogen) atoms. The maximum absolute atomic E-state index is 5.67. The van der Waals surface area contributed by atoms with Crippen molar-refractivity contribution in [1.82, 2.24) is 5.43 Å². The second-order valence-corrected chi connectivity index (χ2v) is 4.94. The summed E-state index contributed by atoms with van der Waals surface area (Å²) in [5.41, 5.74) is 5.50. The van der Waals surface area contributed by atoms with Crippen molar-refractivity contribution in [3.05, 3.63) is 65.7 Å². The standard InChI is InChI=1S/C17H22N2O/c1-20-17-9-5-8-15(13-17)12-16(19-18)11-10-14-6-3-2-4-7-14/h2-9,13,16,19H,10-12,18H2,1H3. The molecule has 2 rings (SSSR count). The number of methoxy groups -OCH3 is 1. The number of ether oxygens (including phenoxy) is 1. The van der Waals surface area contributed by atoms with Crippen molar-refractivity contribution in [1.29, 1.82) is 0 Å². The lowest BCUT2D eigenvalue weighted by Gasteiger charge is -2.16. The molecule has 1 unspecified atom stereocenters. The molecule has 0 bridgehead atoms. The molecule has 106 valence electrons. The highest BCUT2D eigenvalue weighted by Gasteiger charge is 2.08. The van der Waals surface area contributed by atoms with Crippen LogP contribution in [0.4, 0.5) is 0 Å². The third kappa shape index (κ3) is 4.37. The molecule has 2 aromatic rings. The van der Waals surface area contributed by atoms with Gasteiger partial charge >= 0.3 is 0 Å². The average molecular weight is 270 g/mol. The van der Waals surface area contributed by atoms with Gasteiger partial charge in [0.2, 0.25) is 0 Å². The minimum atomic E-state index is 0.266. The summed E-state index contributed by atoms with van der Waals surface area (Å²) in [7, 11) is 1.69. The highest BCUT2D eigenvalue weighted by Crippen LogP contribution is 2.15. The molecule has 0 aliphatic heterocycles. The van der Waals surface area contributed by atoms with Crippen LogP contribution in [-0.2, 0) is 12.8 Å². The molecule has 3 N–H and O–H groups in total. The smallest absolute Gasteiger partial charge is 0.119 e. The van der Waals surface area contributed by atoms with E-state index in [0.717, 1.165) is 25.0 Å². The average Bonchev–Trinajstić information content (AvgIpc) is 2.52. The van der Waals surface area contributed by atoms with Crippen LogP contribution in [0.15, 0.2) is 54.6 Å². The lowest BCUT2D eigenvalue weighted by atomic mass is 9.99. The van der Waals surface area contributed by atoms with Crippen LogP contribution in [0, 0.1) is 0 Å². The zero-order chi connectivity index (χ0) is 14.2. The molecule has 2 aromatic carbocycles. The largest absolute Gasteiger partial charge is 0.497 e. The number of nitrogens with two attached hydrogens (primary N) is 1. The molecule has 3 heteroatoms. The SMILES string of the molecule is COc1cccc(CC(CCc2ccccc2)NN)c1. The van der Waals surface area contributed by atoms with Crippen LogP contribution in [0.1, 0.15) is 17.5 Å². The molecule has 3 nitrogen and oxygen atoms in total. The van der Waals surface area contributed by atoms with Crippen molar-refractivity contribution >= 4 is 0 Å². The van der Waals surface area contributed by atoms with E-state index in [0.29, 0.717) is 0 Å². The van der Waals surface area contributed by atoms with Gasteiger partial charge in [-0.3, -0.25) is 11.3 Å². The topological polar surface area (TPSA) is 47.3 Å². The fraction of sp³-hybridized carbons (Fsp3) is 0.294. The van der Waals surface area contributed by atoms with Crippen LogP contribution in [-0.4, -0.2) is 13.2 Å². The monoisotopic (exact) mass is 270 g/mol. The first-order valence-electron chi connectivity index (χ1n) is 6.95. The molecule has 1 atom stereocenters. The molecule has 0 heterocycles. The van der Waals surface area contributed by atoms with Gasteiger partial charge in [-0.15, -0.1) is 0 Å². The Morgan fingerprint density at radius 2 is 1.80 bits per heavy atom. The Bertz CT molecular complexity index is 513. The highest BCUT2D eigenvalue weighted by molar-refractivity contribution is 5.29. The highest BCUT2D eigenvalue weighted by atomic mass is 16.5. The molecule has 0 amide bonds. The Balaban J connectivity index is 1.91. The van der Waals surface area contributed by atoms with E-state index in [4.69, 9.17) is 10.6 Å². The number of hydrazine groups is 1. The number of benzene rings is 2. The molecule has 0 aliphatic carbocycles. The van der Waals surface area contributed by atoms with E-state index in [-0.39, 0.29) is 6.04 Å². The number of aryl methyl sites for hydroxylation is 1. The van der Waals surface area contributed by atoms with Crippen molar-refractivity contribution in [2.24, 2.45) is 5.84 Å². The summed E-state index contributed by atoms with van der Waals surface area (Å²) in [6, 6.07) is 18.9. The zero-order valence-electron chi connectivity index (χ0n) is 11.9. The molecular formula is C17H22N2O. The van der Waals surface area contributed by atoms with Crippen molar-refractivity contribution in [3.63, 3.8) is 0 Å². The van der Waals surface area contributed by atoms with Crippen LogP contribution in [0.2, 0.25) is 0 Å². The quantitative estimate of drug-likeness (QED) is 0.600. The van der Waals surface area contributed by atoms with Gasteiger partial charge in [0.25, 0.3) is 0 Å². The van der Waals surface area contributed by atoms with Crippen molar-refractivity contribution in [2.75, 3.05) is 7.11 Å². The second-order valence-electron chi connectivity index (χ2n) is 4.94. The lowest BCUT2D eigenvalue weighted by Crippen LogP contribution is -2.37. The summed E-state index contributed by atoms with van der Waals surface area (Å²) in [4.78, 5) is 0. The molecule has 0 fully saturated rings. The van der Waals surface area contributed by atoms with E-state index >= 15 is 0 Å². The van der Waals surface area contributed by atoms with E-state index in [2.05, 4.69) is 41.8 Å². The van der Waals surface area contributed by atoms with Crippen LogP contribution in [0.25, 0.3) is 0 Å². The minimum absolute atomic E-state index is 0.266. The number of rotatable bonds is 7. The molecule has 0 radical (unpaired) electrons. The molecule has 0 aromatic heterocycles. The van der Waals surface area contributed by atoms with Crippen LogP contribution in [0.5, 0.6) is 5.75 Å². The summed E-state index contributed by atoms with van der Waals surface area (Å²) in [5.74, 6) is 6.56. The van der Waals surface area contributed by atoms with Crippen LogP contribution in [0.3, 0.4) is 0 Å². The predicted molar refractivity (Wildman–Crippen MR) is 82.6 cm³/mol. The van der Waals surface area contributed by atoms with Crippen molar-refractivity contribution in [3.8, 4) is 5.75 Å². The summed E-state index contributed by atoms with van der Waals surface area (Å²) in [5, 5.41) is 0. The van der Waals surface area contributed by atoms with Crippen molar-refractivity contribution in [2.45, 2.75) is 25.3 Å². The predicted octanol–water partition coefficient (Wildman–Crippen LogP) is 2.70. The number of nitrogens with one attached hydrogen (secondary N) is 1. The van der Waals surface area contributed by atoms with E-state index in [1.807, 2.05) is 18.2 Å². The third-order valence-electron chi connectivity index (χ3n) is 3.48. The summed E-state index contributed by atoms with van der Waals surface area (Å²) in [6.45, 7) is 0. The molecule has 0 saturated heterocycles. The Labute approximate surface area is 120 Å². The first kappa shape index (κ1) is 14.6. The normalized spacial score (nSPS) is 12.1. The van der Waals surface area contributed by atoms with Crippen molar-refractivity contribution < 1.29 is 4.74 Å². The molecule has 0 spiro atoms. The Hall–Kier alpha value is -1.84. The third-order valence-corrected chi connectivity index (χ3v) is 3.48. The fourth-order valence-electron chi connectivity index (χ4n) is 2.31. The van der Waals surface area contributed by atoms with Gasteiger partial charge in [0.05, 0.1) is 7.11 Å². The Morgan fingerprint density at radius 3 is 2.50 bits per heavy atom. The van der Waals surface area contributed by atoms with E-state index < -0.39 is 0 Å².